The number of hydrogen-bond acceptors (Lipinski definition) is 2. The number of hydrogen-bond donors (Lipinski definition) is 1. The van der Waals surface area contributed by atoms with Crippen LogP contribution in [0.5, 0.6) is 0 Å². The lowest BCUT2D eigenvalue weighted by atomic mass is 10.1. The maximum atomic E-state index is 11.8. The molecule has 0 bridgehead atoms. The van der Waals surface area contributed by atoms with Gasteiger partial charge < -0.3 is 5.11 Å². The van der Waals surface area contributed by atoms with Crippen LogP contribution in [0.2, 0.25) is 0 Å². The third-order valence-electron chi connectivity index (χ3n) is 3.07. The lowest BCUT2D eigenvalue weighted by Crippen LogP contribution is -2.19. The molecule has 0 saturated carbocycles. The van der Waals surface area contributed by atoms with Crippen LogP contribution in [0.1, 0.15) is 11.1 Å². The molecular weight excluding hydrogens is 232 g/mol. The van der Waals surface area contributed by atoms with E-state index in [9.17, 15) is 9.59 Å². The minimum absolute atomic E-state index is 0.0937. The van der Waals surface area contributed by atoms with Gasteiger partial charge in [-0.3, -0.25) is 9.13 Å². The molecule has 1 N–H and O–H groups in total. The first-order valence-electron chi connectivity index (χ1n) is 5.49. The molecule has 0 spiro atoms. The molecule has 1 aromatic heterocycles. The smallest absolute Gasteiger partial charge is 0.328 e. The number of benzene rings is 1. The van der Waals surface area contributed by atoms with E-state index in [-0.39, 0.29) is 5.69 Å². The highest BCUT2D eigenvalue weighted by Crippen LogP contribution is 2.19. The summed E-state index contributed by atoms with van der Waals surface area (Å²) in [5.74, 6) is -0.989. The highest BCUT2D eigenvalue weighted by atomic mass is 16.4. The fourth-order valence-corrected chi connectivity index (χ4v) is 2.01. The summed E-state index contributed by atoms with van der Waals surface area (Å²) < 4.78 is 3.12. The Balaban J connectivity index is 2.72. The predicted molar refractivity (Wildman–Crippen MR) is 69.6 cm³/mol. The first-order chi connectivity index (χ1) is 8.41. The lowest BCUT2D eigenvalue weighted by molar-refractivity contribution is -0.131. The average molecular weight is 246 g/mol. The second-order valence-corrected chi connectivity index (χ2v) is 4.27. The number of carbonyl (C=O) groups is 1. The molecule has 18 heavy (non-hydrogen) atoms. The van der Waals surface area contributed by atoms with Crippen LogP contribution in [0.15, 0.2) is 23.0 Å². The molecule has 0 aliphatic heterocycles. The van der Waals surface area contributed by atoms with Gasteiger partial charge in [0.25, 0.3) is 0 Å². The van der Waals surface area contributed by atoms with Crippen LogP contribution in [-0.4, -0.2) is 20.2 Å². The molecule has 1 heterocycles. The summed E-state index contributed by atoms with van der Waals surface area (Å²) in [7, 11) is 3.42. The molecule has 0 aliphatic carbocycles. The number of aromatic nitrogens is 2. The number of carboxylic acids is 1. The number of aryl methyl sites for hydroxylation is 3. The van der Waals surface area contributed by atoms with Crippen molar-refractivity contribution in [3.8, 4) is 0 Å². The minimum atomic E-state index is -0.989. The van der Waals surface area contributed by atoms with Gasteiger partial charge in [-0.1, -0.05) is 0 Å². The van der Waals surface area contributed by atoms with Gasteiger partial charge in [-0.2, -0.15) is 0 Å². The quantitative estimate of drug-likeness (QED) is 0.812. The van der Waals surface area contributed by atoms with E-state index in [1.165, 1.54) is 6.08 Å². The van der Waals surface area contributed by atoms with E-state index < -0.39 is 5.97 Å². The van der Waals surface area contributed by atoms with Gasteiger partial charge in [0.2, 0.25) is 0 Å². The Bertz CT molecular complexity index is 720. The van der Waals surface area contributed by atoms with E-state index in [0.717, 1.165) is 28.2 Å². The van der Waals surface area contributed by atoms with Crippen LogP contribution in [-0.2, 0) is 18.9 Å². The molecule has 0 amide bonds. The summed E-state index contributed by atoms with van der Waals surface area (Å²) in [6.07, 6.45) is 2.63. The van der Waals surface area contributed by atoms with Crippen molar-refractivity contribution >= 4 is 23.1 Å². The molecule has 0 fully saturated rings. The van der Waals surface area contributed by atoms with Gasteiger partial charge in [0.15, 0.2) is 0 Å². The highest BCUT2D eigenvalue weighted by Gasteiger charge is 2.09. The van der Waals surface area contributed by atoms with Gasteiger partial charge in [0.1, 0.15) is 0 Å². The van der Waals surface area contributed by atoms with Crippen molar-refractivity contribution in [3.63, 3.8) is 0 Å². The van der Waals surface area contributed by atoms with E-state index in [1.807, 2.05) is 19.1 Å². The normalized spacial score (nSPS) is 11.5. The molecular formula is C13H14N2O3. The number of imidazole rings is 1. The zero-order chi connectivity index (χ0) is 13.4. The van der Waals surface area contributed by atoms with Crippen molar-refractivity contribution in [1.82, 2.24) is 9.13 Å². The molecule has 1 aromatic carbocycles. The van der Waals surface area contributed by atoms with Crippen LogP contribution in [0.25, 0.3) is 17.1 Å². The van der Waals surface area contributed by atoms with Crippen molar-refractivity contribution in [1.29, 1.82) is 0 Å². The summed E-state index contributed by atoms with van der Waals surface area (Å²) in [6.45, 7) is 1.89. The van der Waals surface area contributed by atoms with Gasteiger partial charge in [-0.25, -0.2) is 9.59 Å². The Labute approximate surface area is 104 Å². The predicted octanol–water partition coefficient (Wildman–Crippen LogP) is 1.28. The third-order valence-corrected chi connectivity index (χ3v) is 3.07. The summed E-state index contributed by atoms with van der Waals surface area (Å²) in [6, 6.07) is 3.71. The molecule has 5 nitrogen and oxygen atoms in total. The van der Waals surface area contributed by atoms with Gasteiger partial charge in [-0.15, -0.1) is 0 Å². The monoisotopic (exact) mass is 246 g/mol. The highest BCUT2D eigenvalue weighted by molar-refractivity contribution is 5.87. The second kappa shape index (κ2) is 4.18. The largest absolute Gasteiger partial charge is 0.478 e. The van der Waals surface area contributed by atoms with Crippen LogP contribution >= 0.6 is 0 Å². The summed E-state index contributed by atoms with van der Waals surface area (Å²) in [5, 5.41) is 8.64. The fraction of sp³-hybridized carbons (Fsp3) is 0.231. The van der Waals surface area contributed by atoms with E-state index >= 15 is 0 Å². The average Bonchev–Trinajstić information content (AvgIpc) is 2.52. The molecule has 0 atom stereocenters. The van der Waals surface area contributed by atoms with E-state index in [2.05, 4.69) is 0 Å². The zero-order valence-electron chi connectivity index (χ0n) is 10.5. The maximum Gasteiger partial charge on any atom is 0.328 e. The van der Waals surface area contributed by atoms with Crippen molar-refractivity contribution < 1.29 is 9.90 Å². The fourth-order valence-electron chi connectivity index (χ4n) is 2.01. The first-order valence-corrected chi connectivity index (χ1v) is 5.49. The van der Waals surface area contributed by atoms with Gasteiger partial charge in [-0.05, 0) is 36.3 Å². The Morgan fingerprint density at radius 1 is 1.22 bits per heavy atom. The van der Waals surface area contributed by atoms with E-state index in [1.54, 1.807) is 23.2 Å². The van der Waals surface area contributed by atoms with Crippen molar-refractivity contribution in [2.24, 2.45) is 14.1 Å². The summed E-state index contributed by atoms with van der Waals surface area (Å²) in [5.41, 5.74) is 3.27. The zero-order valence-corrected chi connectivity index (χ0v) is 10.5. The number of rotatable bonds is 2. The standard InChI is InChI=1S/C13H14N2O3/c1-8-6-10-11(15(3)13(18)14(10)2)7-9(8)4-5-12(16)17/h4-7H,1-3H3,(H,16,17). The summed E-state index contributed by atoms with van der Waals surface area (Å²) in [4.78, 5) is 22.3. The number of fused-ring (bicyclic) bond motifs is 1. The SMILES string of the molecule is Cc1cc2c(cc1C=CC(=O)O)n(C)c(=O)n2C. The van der Waals surface area contributed by atoms with Crippen molar-refractivity contribution in [3.05, 3.63) is 39.8 Å². The second-order valence-electron chi connectivity index (χ2n) is 4.27. The van der Waals surface area contributed by atoms with Crippen LogP contribution in [0.3, 0.4) is 0 Å². The first kappa shape index (κ1) is 12.2. The molecule has 94 valence electrons. The van der Waals surface area contributed by atoms with E-state index in [0.29, 0.717) is 0 Å². The Kier molecular flexibility index (Phi) is 2.82. The number of aliphatic carboxylic acids is 1. The third kappa shape index (κ3) is 1.84. The number of carboxylic acid groups (broad SMARTS) is 1. The van der Waals surface area contributed by atoms with Crippen molar-refractivity contribution in [2.75, 3.05) is 0 Å². The Hall–Kier alpha value is -2.30. The molecule has 2 aromatic rings. The van der Waals surface area contributed by atoms with Crippen LogP contribution in [0.4, 0.5) is 0 Å². The Morgan fingerprint density at radius 3 is 2.33 bits per heavy atom. The maximum absolute atomic E-state index is 11.8. The lowest BCUT2D eigenvalue weighted by Gasteiger charge is -2.02. The summed E-state index contributed by atoms with van der Waals surface area (Å²) >= 11 is 0. The topological polar surface area (TPSA) is 64.2 Å². The van der Waals surface area contributed by atoms with Gasteiger partial charge >= 0.3 is 11.7 Å². The van der Waals surface area contributed by atoms with Gasteiger partial charge in [0, 0.05) is 20.2 Å². The molecule has 0 aliphatic rings. The molecule has 0 unspecified atom stereocenters. The molecule has 0 radical (unpaired) electrons. The molecule has 2 rings (SSSR count). The van der Waals surface area contributed by atoms with Crippen LogP contribution < -0.4 is 5.69 Å². The van der Waals surface area contributed by atoms with Gasteiger partial charge in [0.05, 0.1) is 11.0 Å². The Morgan fingerprint density at radius 2 is 1.78 bits per heavy atom. The molecule has 5 heteroatoms. The molecule has 0 saturated heterocycles. The minimum Gasteiger partial charge on any atom is -0.478 e. The van der Waals surface area contributed by atoms with Crippen molar-refractivity contribution in [2.45, 2.75) is 6.92 Å². The van der Waals surface area contributed by atoms with Crippen LogP contribution in [0, 0.1) is 6.92 Å². The van der Waals surface area contributed by atoms with E-state index in [4.69, 9.17) is 5.11 Å². The number of nitrogens with zero attached hydrogens (tertiary/aromatic N) is 2.